The molecule has 0 aromatic heterocycles. The molecule has 0 aliphatic carbocycles. The van der Waals surface area contributed by atoms with Gasteiger partial charge in [-0.1, -0.05) is 67.0 Å². The monoisotopic (exact) mass is 348 g/mol. The Labute approximate surface area is 153 Å². The second kappa shape index (κ2) is 8.73. The maximum absolute atomic E-state index is 11.2. The molecule has 0 amide bonds. The fourth-order valence-electron chi connectivity index (χ4n) is 2.88. The molecule has 0 aliphatic heterocycles. The Bertz CT molecular complexity index is 573. The van der Waals surface area contributed by atoms with Crippen molar-refractivity contribution in [1.29, 1.82) is 0 Å². The van der Waals surface area contributed by atoms with Gasteiger partial charge in [-0.25, -0.2) is 0 Å². The molecule has 0 saturated carbocycles. The van der Waals surface area contributed by atoms with Gasteiger partial charge in [0.15, 0.2) is 0 Å². The van der Waals surface area contributed by atoms with E-state index in [1.54, 1.807) is 0 Å². The minimum Gasteiger partial charge on any atom is -0.490 e. The van der Waals surface area contributed by atoms with Crippen molar-refractivity contribution in [2.75, 3.05) is 0 Å². The summed E-state index contributed by atoms with van der Waals surface area (Å²) >= 11 is 0. The second-order valence-electron chi connectivity index (χ2n) is 8.31. The third kappa shape index (κ3) is 5.76. The predicted octanol–water partition coefficient (Wildman–Crippen LogP) is 6.08. The zero-order chi connectivity index (χ0) is 19.3. The fraction of sp³-hybridized carbons (Fsp3) is 0.682. The van der Waals surface area contributed by atoms with E-state index in [0.717, 1.165) is 31.4 Å². The number of ether oxygens (including phenoxy) is 1. The lowest BCUT2D eigenvalue weighted by Crippen LogP contribution is -2.25. The molecular formula is C22H36O3. The molecule has 0 aliphatic rings. The van der Waals surface area contributed by atoms with Crippen LogP contribution in [0.2, 0.25) is 0 Å². The largest absolute Gasteiger partial charge is 0.490 e. The predicted molar refractivity (Wildman–Crippen MR) is 105 cm³/mol. The van der Waals surface area contributed by atoms with Crippen molar-refractivity contribution in [3.63, 3.8) is 0 Å². The highest BCUT2D eigenvalue weighted by molar-refractivity contribution is 5.67. The molecule has 1 aromatic carbocycles. The SMILES string of the molecule is CCCC(CC(=O)O)Oc1ccc(C(C)(C)CC)cc1C(C)(C)CC. The van der Waals surface area contributed by atoms with Gasteiger partial charge in [-0.2, -0.15) is 0 Å². The summed E-state index contributed by atoms with van der Waals surface area (Å²) in [5.74, 6) is 0.0284. The van der Waals surface area contributed by atoms with Gasteiger partial charge < -0.3 is 9.84 Å². The number of carboxylic acid groups (broad SMARTS) is 1. The molecule has 0 spiro atoms. The second-order valence-corrected chi connectivity index (χ2v) is 8.31. The number of carbonyl (C=O) groups is 1. The Morgan fingerprint density at radius 3 is 2.16 bits per heavy atom. The summed E-state index contributed by atoms with van der Waals surface area (Å²) in [6.45, 7) is 15.4. The molecule has 1 aromatic rings. The Hall–Kier alpha value is -1.51. The van der Waals surface area contributed by atoms with Crippen LogP contribution < -0.4 is 4.74 Å². The third-order valence-electron chi connectivity index (χ3n) is 5.56. The number of hydrogen-bond donors (Lipinski definition) is 1. The molecule has 3 nitrogen and oxygen atoms in total. The van der Waals surface area contributed by atoms with E-state index in [4.69, 9.17) is 9.84 Å². The summed E-state index contributed by atoms with van der Waals surface area (Å²) in [6.07, 6.45) is 3.49. The van der Waals surface area contributed by atoms with Crippen LogP contribution in [0.15, 0.2) is 18.2 Å². The summed E-state index contributed by atoms with van der Waals surface area (Å²) in [4.78, 5) is 11.2. The summed E-state index contributed by atoms with van der Waals surface area (Å²) in [7, 11) is 0. The topological polar surface area (TPSA) is 46.5 Å². The summed E-state index contributed by atoms with van der Waals surface area (Å²) in [6, 6.07) is 6.45. The van der Waals surface area contributed by atoms with Gasteiger partial charge in [0.1, 0.15) is 11.9 Å². The maximum Gasteiger partial charge on any atom is 0.307 e. The molecule has 1 N–H and O–H groups in total. The lowest BCUT2D eigenvalue weighted by molar-refractivity contribution is -0.138. The van der Waals surface area contributed by atoms with Crippen LogP contribution in [0.25, 0.3) is 0 Å². The first kappa shape index (κ1) is 21.5. The van der Waals surface area contributed by atoms with Gasteiger partial charge in [0, 0.05) is 5.56 Å². The average Bonchev–Trinajstić information content (AvgIpc) is 2.54. The summed E-state index contributed by atoms with van der Waals surface area (Å²) in [5, 5.41) is 9.17. The van der Waals surface area contributed by atoms with E-state index in [1.807, 2.05) is 6.07 Å². The van der Waals surface area contributed by atoms with Gasteiger partial charge in [-0.3, -0.25) is 4.79 Å². The van der Waals surface area contributed by atoms with Gasteiger partial charge in [0.25, 0.3) is 0 Å². The smallest absolute Gasteiger partial charge is 0.307 e. The van der Waals surface area contributed by atoms with E-state index in [0.29, 0.717) is 0 Å². The van der Waals surface area contributed by atoms with Gasteiger partial charge in [0.2, 0.25) is 0 Å². The highest BCUT2D eigenvalue weighted by atomic mass is 16.5. The first-order chi connectivity index (χ1) is 11.6. The van der Waals surface area contributed by atoms with Crippen LogP contribution in [0.5, 0.6) is 5.75 Å². The minimum atomic E-state index is -0.807. The van der Waals surface area contributed by atoms with Crippen molar-refractivity contribution in [3.05, 3.63) is 29.3 Å². The van der Waals surface area contributed by atoms with Crippen molar-refractivity contribution < 1.29 is 14.6 Å². The quantitative estimate of drug-likeness (QED) is 0.557. The molecule has 0 fully saturated rings. The van der Waals surface area contributed by atoms with Gasteiger partial charge in [0.05, 0.1) is 6.42 Å². The van der Waals surface area contributed by atoms with Gasteiger partial charge in [-0.05, 0) is 41.7 Å². The molecule has 1 rings (SSSR count). The van der Waals surface area contributed by atoms with E-state index >= 15 is 0 Å². The molecule has 0 saturated heterocycles. The van der Waals surface area contributed by atoms with Crippen LogP contribution >= 0.6 is 0 Å². The molecule has 1 atom stereocenters. The van der Waals surface area contributed by atoms with Crippen LogP contribution in [-0.4, -0.2) is 17.2 Å². The first-order valence-electron chi connectivity index (χ1n) is 9.60. The van der Waals surface area contributed by atoms with Crippen molar-refractivity contribution >= 4 is 5.97 Å². The number of aliphatic carboxylic acids is 1. The number of hydrogen-bond acceptors (Lipinski definition) is 2. The summed E-state index contributed by atoms with van der Waals surface area (Å²) < 4.78 is 6.21. The van der Waals surface area contributed by atoms with Gasteiger partial charge >= 0.3 is 5.97 Å². The standard InChI is InChI=1S/C22H36O3/c1-8-11-17(15-20(23)24)25-19-13-12-16(21(4,5)9-2)14-18(19)22(6,7)10-3/h12-14,17H,8-11,15H2,1-7H3,(H,23,24). The van der Waals surface area contributed by atoms with E-state index < -0.39 is 5.97 Å². The Kier molecular flexibility index (Phi) is 7.52. The first-order valence-corrected chi connectivity index (χ1v) is 9.60. The van der Waals surface area contributed by atoms with Crippen LogP contribution in [0.4, 0.5) is 0 Å². The van der Waals surface area contributed by atoms with E-state index in [2.05, 4.69) is 60.6 Å². The maximum atomic E-state index is 11.2. The zero-order valence-electron chi connectivity index (χ0n) is 17.1. The van der Waals surface area contributed by atoms with Crippen LogP contribution in [0, 0.1) is 0 Å². The average molecular weight is 349 g/mol. The molecule has 3 heteroatoms. The summed E-state index contributed by atoms with van der Waals surface area (Å²) in [5.41, 5.74) is 2.58. The van der Waals surface area contributed by atoms with Crippen molar-refractivity contribution in [2.45, 2.75) is 97.5 Å². The highest BCUT2D eigenvalue weighted by Crippen LogP contribution is 2.39. The fourth-order valence-corrected chi connectivity index (χ4v) is 2.88. The number of benzene rings is 1. The van der Waals surface area contributed by atoms with Crippen LogP contribution in [0.3, 0.4) is 0 Å². The normalized spacial score (nSPS) is 13.6. The molecule has 0 bridgehead atoms. The lowest BCUT2D eigenvalue weighted by atomic mass is 9.76. The lowest BCUT2D eigenvalue weighted by Gasteiger charge is -2.31. The van der Waals surface area contributed by atoms with E-state index in [9.17, 15) is 4.79 Å². The van der Waals surface area contributed by atoms with Gasteiger partial charge in [-0.15, -0.1) is 0 Å². The highest BCUT2D eigenvalue weighted by Gasteiger charge is 2.27. The van der Waals surface area contributed by atoms with E-state index in [-0.39, 0.29) is 23.4 Å². The number of rotatable bonds is 10. The van der Waals surface area contributed by atoms with Crippen molar-refractivity contribution in [1.82, 2.24) is 0 Å². The van der Waals surface area contributed by atoms with Crippen molar-refractivity contribution in [3.8, 4) is 5.75 Å². The van der Waals surface area contributed by atoms with Crippen LogP contribution in [-0.2, 0) is 15.6 Å². The minimum absolute atomic E-state index is 0.0187. The molecule has 142 valence electrons. The molecular weight excluding hydrogens is 312 g/mol. The van der Waals surface area contributed by atoms with E-state index in [1.165, 1.54) is 11.1 Å². The van der Waals surface area contributed by atoms with Crippen LogP contribution in [0.1, 0.15) is 91.7 Å². The Balaban J connectivity index is 3.31. The molecule has 1 unspecified atom stereocenters. The van der Waals surface area contributed by atoms with Crippen molar-refractivity contribution in [2.24, 2.45) is 0 Å². The molecule has 0 heterocycles. The third-order valence-corrected chi connectivity index (χ3v) is 5.56. The number of carboxylic acids is 1. The Morgan fingerprint density at radius 1 is 1.08 bits per heavy atom. The zero-order valence-corrected chi connectivity index (χ0v) is 17.1. The molecule has 25 heavy (non-hydrogen) atoms. The Morgan fingerprint density at radius 2 is 1.68 bits per heavy atom. The molecule has 0 radical (unpaired) electrons.